The summed E-state index contributed by atoms with van der Waals surface area (Å²) in [6, 6.07) is 5.14. The second-order valence-electron chi connectivity index (χ2n) is 2.20. The second-order valence-corrected chi connectivity index (χ2v) is 3.53. The SMILES string of the molecule is CNC(=O)c1cc(Br)ccc1Cl. The smallest absolute Gasteiger partial charge is 0.252 e. The Balaban J connectivity index is 3.13. The maximum Gasteiger partial charge on any atom is 0.252 e. The largest absolute Gasteiger partial charge is 0.355 e. The highest BCUT2D eigenvalue weighted by Gasteiger charge is 2.07. The first-order valence-corrected chi connectivity index (χ1v) is 4.49. The summed E-state index contributed by atoms with van der Waals surface area (Å²) in [5.41, 5.74) is 0.480. The Bertz CT molecular complexity index is 314. The number of hydrogen-bond donors (Lipinski definition) is 1. The predicted octanol–water partition coefficient (Wildman–Crippen LogP) is 2.46. The minimum atomic E-state index is -0.179. The van der Waals surface area contributed by atoms with Crippen molar-refractivity contribution in [2.75, 3.05) is 7.05 Å². The molecule has 0 radical (unpaired) electrons. The van der Waals surface area contributed by atoms with Gasteiger partial charge in [-0.25, -0.2) is 0 Å². The molecule has 0 saturated heterocycles. The van der Waals surface area contributed by atoms with E-state index in [1.165, 1.54) is 0 Å². The maximum atomic E-state index is 11.2. The van der Waals surface area contributed by atoms with Gasteiger partial charge in [-0.15, -0.1) is 0 Å². The number of hydrogen-bond acceptors (Lipinski definition) is 1. The van der Waals surface area contributed by atoms with E-state index in [4.69, 9.17) is 11.6 Å². The summed E-state index contributed by atoms with van der Waals surface area (Å²) in [4.78, 5) is 11.2. The average molecular weight is 249 g/mol. The predicted molar refractivity (Wildman–Crippen MR) is 52.5 cm³/mol. The highest BCUT2D eigenvalue weighted by Crippen LogP contribution is 2.20. The van der Waals surface area contributed by atoms with Gasteiger partial charge < -0.3 is 5.32 Å². The standard InChI is InChI=1S/C8H7BrClNO/c1-11-8(12)6-4-5(9)2-3-7(6)10/h2-4H,1H3,(H,11,12). The Morgan fingerprint density at radius 2 is 2.25 bits per heavy atom. The quantitative estimate of drug-likeness (QED) is 0.813. The summed E-state index contributed by atoms with van der Waals surface area (Å²) in [7, 11) is 1.57. The first-order chi connectivity index (χ1) is 5.65. The van der Waals surface area contributed by atoms with Crippen LogP contribution in [0.2, 0.25) is 5.02 Å². The Morgan fingerprint density at radius 3 is 2.83 bits per heavy atom. The fraction of sp³-hybridized carbons (Fsp3) is 0.125. The van der Waals surface area contributed by atoms with Gasteiger partial charge in [-0.05, 0) is 18.2 Å². The minimum Gasteiger partial charge on any atom is -0.355 e. The lowest BCUT2D eigenvalue weighted by Gasteiger charge is -2.02. The minimum absolute atomic E-state index is 0.179. The fourth-order valence-electron chi connectivity index (χ4n) is 0.806. The third-order valence-electron chi connectivity index (χ3n) is 1.40. The summed E-state index contributed by atoms with van der Waals surface area (Å²) in [5.74, 6) is -0.179. The van der Waals surface area contributed by atoms with Crippen LogP contribution in [-0.4, -0.2) is 13.0 Å². The fourth-order valence-corrected chi connectivity index (χ4v) is 1.37. The number of carbonyl (C=O) groups is 1. The van der Waals surface area contributed by atoms with Crippen LogP contribution in [0.15, 0.2) is 22.7 Å². The topological polar surface area (TPSA) is 29.1 Å². The normalized spacial score (nSPS) is 9.58. The van der Waals surface area contributed by atoms with Crippen LogP contribution in [0.1, 0.15) is 10.4 Å². The monoisotopic (exact) mass is 247 g/mol. The van der Waals surface area contributed by atoms with Crippen LogP contribution in [-0.2, 0) is 0 Å². The van der Waals surface area contributed by atoms with Gasteiger partial charge in [0.15, 0.2) is 0 Å². The number of benzene rings is 1. The van der Waals surface area contributed by atoms with Crippen molar-refractivity contribution in [2.45, 2.75) is 0 Å². The zero-order valence-electron chi connectivity index (χ0n) is 6.40. The van der Waals surface area contributed by atoms with Gasteiger partial charge in [-0.1, -0.05) is 27.5 Å². The molecule has 0 bridgehead atoms. The lowest BCUT2D eigenvalue weighted by molar-refractivity contribution is 0.0963. The van der Waals surface area contributed by atoms with Crippen LogP contribution >= 0.6 is 27.5 Å². The number of halogens is 2. The van der Waals surface area contributed by atoms with E-state index >= 15 is 0 Å². The molecule has 0 atom stereocenters. The third-order valence-corrected chi connectivity index (χ3v) is 2.22. The van der Waals surface area contributed by atoms with Crippen LogP contribution in [0.4, 0.5) is 0 Å². The van der Waals surface area contributed by atoms with Crippen LogP contribution in [0.3, 0.4) is 0 Å². The molecule has 64 valence electrons. The molecule has 1 amide bonds. The molecule has 1 rings (SSSR count). The number of carbonyl (C=O) groups excluding carboxylic acids is 1. The lowest BCUT2D eigenvalue weighted by Crippen LogP contribution is -2.18. The van der Waals surface area contributed by atoms with Crippen molar-refractivity contribution < 1.29 is 4.79 Å². The van der Waals surface area contributed by atoms with Gasteiger partial charge in [0.2, 0.25) is 0 Å². The van der Waals surface area contributed by atoms with Crippen molar-refractivity contribution in [3.05, 3.63) is 33.3 Å². The summed E-state index contributed by atoms with van der Waals surface area (Å²) < 4.78 is 0.838. The van der Waals surface area contributed by atoms with E-state index in [1.54, 1.807) is 25.2 Å². The van der Waals surface area contributed by atoms with Gasteiger partial charge in [0, 0.05) is 11.5 Å². The molecule has 12 heavy (non-hydrogen) atoms. The molecule has 0 aromatic heterocycles. The lowest BCUT2D eigenvalue weighted by atomic mass is 10.2. The zero-order chi connectivity index (χ0) is 9.14. The van der Waals surface area contributed by atoms with Crippen LogP contribution in [0.25, 0.3) is 0 Å². The van der Waals surface area contributed by atoms with Crippen molar-refractivity contribution in [1.82, 2.24) is 5.32 Å². The van der Waals surface area contributed by atoms with Crippen molar-refractivity contribution in [1.29, 1.82) is 0 Å². The summed E-state index contributed by atoms with van der Waals surface area (Å²) >= 11 is 9.04. The Labute approximate surface area is 84.0 Å². The van der Waals surface area contributed by atoms with Gasteiger partial charge in [0.25, 0.3) is 5.91 Å². The summed E-state index contributed by atoms with van der Waals surface area (Å²) in [6.07, 6.45) is 0. The molecule has 1 aromatic rings. The van der Waals surface area contributed by atoms with E-state index in [-0.39, 0.29) is 5.91 Å². The summed E-state index contributed by atoms with van der Waals surface area (Å²) in [5, 5.41) is 2.96. The van der Waals surface area contributed by atoms with Gasteiger partial charge in [-0.2, -0.15) is 0 Å². The number of nitrogens with one attached hydrogen (secondary N) is 1. The van der Waals surface area contributed by atoms with Gasteiger partial charge in [0.05, 0.1) is 10.6 Å². The van der Waals surface area contributed by atoms with Crippen LogP contribution in [0, 0.1) is 0 Å². The highest BCUT2D eigenvalue weighted by atomic mass is 79.9. The highest BCUT2D eigenvalue weighted by molar-refractivity contribution is 9.10. The van der Waals surface area contributed by atoms with Gasteiger partial charge >= 0.3 is 0 Å². The molecule has 0 aliphatic carbocycles. The molecule has 0 aliphatic rings. The first-order valence-electron chi connectivity index (χ1n) is 3.32. The van der Waals surface area contributed by atoms with E-state index in [1.807, 2.05) is 0 Å². The van der Waals surface area contributed by atoms with Crippen LogP contribution in [0.5, 0.6) is 0 Å². The Kier molecular flexibility index (Phi) is 3.12. The molecule has 1 aromatic carbocycles. The molecule has 0 unspecified atom stereocenters. The van der Waals surface area contributed by atoms with E-state index < -0.39 is 0 Å². The average Bonchev–Trinajstić information content (AvgIpc) is 2.08. The molecule has 0 spiro atoms. The van der Waals surface area contributed by atoms with E-state index in [0.717, 1.165) is 4.47 Å². The Morgan fingerprint density at radius 1 is 1.58 bits per heavy atom. The molecule has 0 fully saturated rings. The molecule has 4 heteroatoms. The summed E-state index contributed by atoms with van der Waals surface area (Å²) in [6.45, 7) is 0. The Hall–Kier alpha value is -0.540. The van der Waals surface area contributed by atoms with Crippen molar-refractivity contribution >= 4 is 33.4 Å². The third kappa shape index (κ3) is 1.99. The molecule has 0 saturated carbocycles. The van der Waals surface area contributed by atoms with E-state index in [0.29, 0.717) is 10.6 Å². The van der Waals surface area contributed by atoms with Crippen LogP contribution < -0.4 is 5.32 Å². The maximum absolute atomic E-state index is 11.2. The molecular formula is C8H7BrClNO. The molecule has 2 nitrogen and oxygen atoms in total. The molecular weight excluding hydrogens is 241 g/mol. The van der Waals surface area contributed by atoms with Gasteiger partial charge in [0.1, 0.15) is 0 Å². The first kappa shape index (κ1) is 9.55. The van der Waals surface area contributed by atoms with E-state index in [9.17, 15) is 4.79 Å². The second kappa shape index (κ2) is 3.92. The molecule has 0 aliphatic heterocycles. The van der Waals surface area contributed by atoms with E-state index in [2.05, 4.69) is 21.2 Å². The molecule has 1 N–H and O–H groups in total. The van der Waals surface area contributed by atoms with Gasteiger partial charge in [-0.3, -0.25) is 4.79 Å². The number of rotatable bonds is 1. The van der Waals surface area contributed by atoms with Crippen molar-refractivity contribution in [3.63, 3.8) is 0 Å². The van der Waals surface area contributed by atoms with Crippen molar-refractivity contribution in [2.24, 2.45) is 0 Å². The zero-order valence-corrected chi connectivity index (χ0v) is 8.74. The number of amides is 1. The van der Waals surface area contributed by atoms with Crippen molar-refractivity contribution in [3.8, 4) is 0 Å². The molecule has 0 heterocycles.